The first kappa shape index (κ1) is 23.9. The molecule has 1 rings (SSSR count). The van der Waals surface area contributed by atoms with Crippen LogP contribution in [0.4, 0.5) is 0 Å². The molecule has 0 unspecified atom stereocenters. The molecule has 158 valence electrons. The number of nitrogens with two attached hydrogens (primary N) is 1. The molecule has 0 aliphatic heterocycles. The van der Waals surface area contributed by atoms with Gasteiger partial charge in [-0.3, -0.25) is 19.2 Å². The summed E-state index contributed by atoms with van der Waals surface area (Å²) < 4.78 is 4.88. The van der Waals surface area contributed by atoms with Crippen LogP contribution in [0.1, 0.15) is 66.2 Å². The van der Waals surface area contributed by atoms with Crippen LogP contribution in [0.2, 0.25) is 0 Å². The van der Waals surface area contributed by atoms with Crippen molar-refractivity contribution in [2.45, 2.75) is 72.3 Å². The molecular weight excluding hydrogens is 360 g/mol. The second-order valence-electron chi connectivity index (χ2n) is 8.67. The molecule has 1 aliphatic rings. The normalized spacial score (nSPS) is 18.1. The third-order valence-corrected chi connectivity index (χ3v) is 5.31. The van der Waals surface area contributed by atoms with Gasteiger partial charge in [0.15, 0.2) is 11.6 Å². The molecule has 0 bridgehead atoms. The number of Topliss-reactive ketones (excluding diaryl/α,β-unsaturated/α-hetero) is 1. The second kappa shape index (κ2) is 10.4. The molecule has 0 saturated heterocycles. The summed E-state index contributed by atoms with van der Waals surface area (Å²) in [6.45, 7) is 6.94. The highest BCUT2D eigenvalue weighted by atomic mass is 16.5. The van der Waals surface area contributed by atoms with Crippen molar-refractivity contribution in [3.63, 3.8) is 0 Å². The highest BCUT2D eigenvalue weighted by molar-refractivity contribution is 6.02. The number of amides is 1. The Balaban J connectivity index is 3.06. The Morgan fingerprint density at radius 2 is 1.71 bits per heavy atom. The van der Waals surface area contributed by atoms with Crippen LogP contribution < -0.4 is 11.1 Å². The molecule has 0 aromatic rings. The number of methoxy groups -OCH3 is 1. The molecular formula is C21H34N2O5. The fourth-order valence-corrected chi connectivity index (χ4v) is 3.65. The lowest BCUT2D eigenvalue weighted by Crippen LogP contribution is -2.49. The van der Waals surface area contributed by atoms with Gasteiger partial charge in [-0.05, 0) is 31.1 Å². The van der Waals surface area contributed by atoms with E-state index < -0.39 is 29.3 Å². The van der Waals surface area contributed by atoms with E-state index in [0.29, 0.717) is 0 Å². The minimum atomic E-state index is -0.735. The van der Waals surface area contributed by atoms with Gasteiger partial charge in [0.2, 0.25) is 0 Å². The Kier molecular flexibility index (Phi) is 8.85. The number of hydrogen-bond acceptors (Lipinski definition) is 6. The second-order valence-corrected chi connectivity index (χ2v) is 8.67. The molecule has 1 fully saturated rings. The smallest absolute Gasteiger partial charge is 0.309 e. The monoisotopic (exact) mass is 394 g/mol. The van der Waals surface area contributed by atoms with Crippen molar-refractivity contribution in [1.29, 1.82) is 0 Å². The van der Waals surface area contributed by atoms with E-state index in [1.54, 1.807) is 0 Å². The van der Waals surface area contributed by atoms with E-state index in [0.717, 1.165) is 38.2 Å². The molecule has 0 radical (unpaired) electrons. The maximum atomic E-state index is 13.2. The van der Waals surface area contributed by atoms with Gasteiger partial charge in [-0.25, -0.2) is 0 Å². The molecule has 0 aromatic carbocycles. The van der Waals surface area contributed by atoms with Crippen molar-refractivity contribution in [3.05, 3.63) is 11.8 Å². The summed E-state index contributed by atoms with van der Waals surface area (Å²) >= 11 is 0. The van der Waals surface area contributed by atoms with Crippen molar-refractivity contribution in [1.82, 2.24) is 5.32 Å². The average molecular weight is 395 g/mol. The number of allylic oxidation sites excluding steroid dienone is 1. The predicted molar refractivity (Wildman–Crippen MR) is 106 cm³/mol. The van der Waals surface area contributed by atoms with Gasteiger partial charge in [0.25, 0.3) is 5.91 Å². The standard InChI is InChI=1S/C21H34N2O5/c1-13(24)11-16(22)19(26)23-18(14-9-7-6-8-10-14)17(25)12-15(20(27)28-5)21(2,3)4/h11,14-15,18H,6-10,12,22H2,1-5H3,(H,23,26)/t15-,18+/m1/s1. The van der Waals surface area contributed by atoms with Crippen LogP contribution >= 0.6 is 0 Å². The zero-order chi connectivity index (χ0) is 21.5. The molecule has 7 heteroatoms. The lowest BCUT2D eigenvalue weighted by Gasteiger charge is -2.33. The molecule has 28 heavy (non-hydrogen) atoms. The highest BCUT2D eigenvalue weighted by Gasteiger charge is 2.38. The Bertz CT molecular complexity index is 627. The predicted octanol–water partition coefficient (Wildman–Crippen LogP) is 2.28. The van der Waals surface area contributed by atoms with E-state index in [2.05, 4.69) is 5.32 Å². The van der Waals surface area contributed by atoms with Crippen molar-refractivity contribution in [3.8, 4) is 0 Å². The Labute approximate surface area is 167 Å². The number of ether oxygens (including phenoxy) is 1. The van der Waals surface area contributed by atoms with Gasteiger partial charge in [-0.2, -0.15) is 0 Å². The number of rotatable bonds is 8. The number of hydrogen-bond donors (Lipinski definition) is 2. The van der Waals surface area contributed by atoms with E-state index in [1.807, 2.05) is 20.8 Å². The molecule has 7 nitrogen and oxygen atoms in total. The minimum absolute atomic E-state index is 0.00593. The van der Waals surface area contributed by atoms with Gasteiger partial charge < -0.3 is 15.8 Å². The van der Waals surface area contributed by atoms with Gasteiger partial charge in [0, 0.05) is 12.5 Å². The molecule has 0 heterocycles. The largest absolute Gasteiger partial charge is 0.469 e. The lowest BCUT2D eigenvalue weighted by atomic mass is 9.74. The van der Waals surface area contributed by atoms with Crippen LogP contribution in [0.5, 0.6) is 0 Å². The van der Waals surface area contributed by atoms with Crippen LogP contribution in [0.25, 0.3) is 0 Å². The first-order valence-electron chi connectivity index (χ1n) is 9.86. The third-order valence-electron chi connectivity index (χ3n) is 5.31. The van der Waals surface area contributed by atoms with Gasteiger partial charge in [-0.1, -0.05) is 40.0 Å². The van der Waals surface area contributed by atoms with Gasteiger partial charge in [0.05, 0.1) is 19.1 Å². The number of nitrogens with one attached hydrogen (secondary N) is 1. The summed E-state index contributed by atoms with van der Waals surface area (Å²) in [6.07, 6.45) is 5.75. The zero-order valence-electron chi connectivity index (χ0n) is 17.7. The fraction of sp³-hybridized carbons (Fsp3) is 0.714. The van der Waals surface area contributed by atoms with Crippen LogP contribution in [-0.2, 0) is 23.9 Å². The number of carbonyl (C=O) groups is 4. The lowest BCUT2D eigenvalue weighted by molar-refractivity contribution is -0.151. The van der Waals surface area contributed by atoms with Gasteiger partial charge in [-0.15, -0.1) is 0 Å². The summed E-state index contributed by atoms with van der Waals surface area (Å²) in [4.78, 5) is 49.0. The molecule has 1 amide bonds. The SMILES string of the molecule is COC(=O)[C@@H](CC(=O)[C@@H](NC(=O)C(N)=CC(C)=O)C1CCCCC1)C(C)(C)C. The van der Waals surface area contributed by atoms with E-state index in [9.17, 15) is 19.2 Å². The Morgan fingerprint density at radius 3 is 2.18 bits per heavy atom. The van der Waals surface area contributed by atoms with Crippen molar-refractivity contribution < 1.29 is 23.9 Å². The summed E-state index contributed by atoms with van der Waals surface area (Å²) in [5, 5.41) is 2.72. The van der Waals surface area contributed by atoms with E-state index in [-0.39, 0.29) is 29.6 Å². The van der Waals surface area contributed by atoms with Crippen LogP contribution in [0, 0.1) is 17.3 Å². The topological polar surface area (TPSA) is 116 Å². The summed E-state index contributed by atoms with van der Waals surface area (Å²) in [5.74, 6) is -2.24. The maximum absolute atomic E-state index is 13.2. The van der Waals surface area contributed by atoms with Crippen LogP contribution in [0.3, 0.4) is 0 Å². The fourth-order valence-electron chi connectivity index (χ4n) is 3.65. The van der Waals surface area contributed by atoms with E-state index >= 15 is 0 Å². The van der Waals surface area contributed by atoms with Crippen molar-refractivity contribution >= 4 is 23.4 Å². The minimum Gasteiger partial charge on any atom is -0.469 e. The van der Waals surface area contributed by atoms with Gasteiger partial charge >= 0.3 is 5.97 Å². The average Bonchev–Trinajstić information content (AvgIpc) is 2.62. The number of ketones is 2. The highest BCUT2D eigenvalue weighted by Crippen LogP contribution is 2.33. The van der Waals surface area contributed by atoms with Crippen molar-refractivity contribution in [2.75, 3.05) is 7.11 Å². The van der Waals surface area contributed by atoms with E-state index in [1.165, 1.54) is 14.0 Å². The number of carbonyl (C=O) groups excluding carboxylic acids is 4. The molecule has 1 aliphatic carbocycles. The molecule has 3 N–H and O–H groups in total. The first-order chi connectivity index (χ1) is 13.0. The third kappa shape index (κ3) is 7.09. The zero-order valence-corrected chi connectivity index (χ0v) is 17.7. The molecule has 1 saturated carbocycles. The molecule has 2 atom stereocenters. The summed E-state index contributed by atoms with van der Waals surface area (Å²) in [5.41, 5.74) is 5.00. The quantitative estimate of drug-likeness (QED) is 0.482. The van der Waals surface area contributed by atoms with Crippen molar-refractivity contribution in [2.24, 2.45) is 23.0 Å². The summed E-state index contributed by atoms with van der Waals surface area (Å²) in [7, 11) is 1.30. The van der Waals surface area contributed by atoms with Gasteiger partial charge in [0.1, 0.15) is 5.70 Å². The maximum Gasteiger partial charge on any atom is 0.309 e. The Morgan fingerprint density at radius 1 is 1.14 bits per heavy atom. The summed E-state index contributed by atoms with van der Waals surface area (Å²) in [6, 6.07) is -0.735. The first-order valence-corrected chi connectivity index (χ1v) is 9.86. The molecule has 0 aromatic heterocycles. The number of esters is 1. The van der Waals surface area contributed by atoms with E-state index in [4.69, 9.17) is 10.5 Å². The van der Waals surface area contributed by atoms with Crippen LogP contribution in [-0.4, -0.2) is 36.6 Å². The van der Waals surface area contributed by atoms with Crippen LogP contribution in [0.15, 0.2) is 11.8 Å². The Hall–Kier alpha value is -2.18. The molecule has 0 spiro atoms.